The molecule has 1 aromatic carbocycles. The van der Waals surface area contributed by atoms with E-state index < -0.39 is 5.97 Å². The van der Waals surface area contributed by atoms with Gasteiger partial charge in [0.2, 0.25) is 5.91 Å². The Morgan fingerprint density at radius 1 is 1.40 bits per heavy atom. The maximum Gasteiger partial charge on any atom is 0.335 e. The molecule has 2 rings (SSSR count). The molecule has 0 spiro atoms. The van der Waals surface area contributed by atoms with E-state index in [9.17, 15) is 9.59 Å². The summed E-state index contributed by atoms with van der Waals surface area (Å²) in [7, 11) is 1.75. The highest BCUT2D eigenvalue weighted by Crippen LogP contribution is 2.16. The number of carboxylic acid groups (broad SMARTS) is 1. The highest BCUT2D eigenvalue weighted by Gasteiger charge is 2.26. The van der Waals surface area contributed by atoms with E-state index in [1.54, 1.807) is 30.1 Å². The molecule has 1 aliphatic rings. The van der Waals surface area contributed by atoms with Gasteiger partial charge < -0.3 is 14.7 Å². The van der Waals surface area contributed by atoms with Crippen LogP contribution in [-0.2, 0) is 16.0 Å². The van der Waals surface area contributed by atoms with Gasteiger partial charge in [0.25, 0.3) is 0 Å². The van der Waals surface area contributed by atoms with Gasteiger partial charge in [0.15, 0.2) is 0 Å². The molecule has 0 aliphatic carbocycles. The number of hydrogen-bond donors (Lipinski definition) is 1. The molecule has 1 N–H and O–H groups in total. The number of nitrogens with zero attached hydrogens (tertiary/aromatic N) is 1. The van der Waals surface area contributed by atoms with E-state index in [0.717, 1.165) is 12.0 Å². The number of carboxylic acids is 1. The zero-order valence-electron chi connectivity index (χ0n) is 11.5. The van der Waals surface area contributed by atoms with Crippen LogP contribution in [0.15, 0.2) is 24.3 Å². The van der Waals surface area contributed by atoms with E-state index in [2.05, 4.69) is 0 Å². The summed E-state index contributed by atoms with van der Waals surface area (Å²) in [5.41, 5.74) is 1.06. The molecule has 0 saturated carbocycles. The lowest BCUT2D eigenvalue weighted by molar-refractivity contribution is -0.134. The summed E-state index contributed by atoms with van der Waals surface area (Å²) >= 11 is 0. The van der Waals surface area contributed by atoms with Gasteiger partial charge in [-0.1, -0.05) is 18.2 Å². The number of benzene rings is 1. The summed E-state index contributed by atoms with van der Waals surface area (Å²) in [5.74, 6) is -0.899. The second-order valence-electron chi connectivity index (χ2n) is 5.03. The summed E-state index contributed by atoms with van der Waals surface area (Å²) in [4.78, 5) is 24.9. The quantitative estimate of drug-likeness (QED) is 0.884. The van der Waals surface area contributed by atoms with Crippen LogP contribution >= 0.6 is 0 Å². The smallest absolute Gasteiger partial charge is 0.335 e. The Kier molecular flexibility index (Phi) is 4.74. The van der Waals surface area contributed by atoms with Crippen molar-refractivity contribution in [3.63, 3.8) is 0 Å². The Hall–Kier alpha value is -1.88. The Labute approximate surface area is 118 Å². The van der Waals surface area contributed by atoms with Gasteiger partial charge in [-0.3, -0.25) is 4.79 Å². The van der Waals surface area contributed by atoms with Crippen molar-refractivity contribution < 1.29 is 19.4 Å². The average Bonchev–Trinajstić information content (AvgIpc) is 2.98. The first-order chi connectivity index (χ1) is 9.59. The molecule has 1 unspecified atom stereocenters. The molecule has 1 heterocycles. The van der Waals surface area contributed by atoms with Crippen LogP contribution < -0.4 is 0 Å². The Morgan fingerprint density at radius 3 is 2.80 bits per heavy atom. The number of carbonyl (C=O) groups is 2. The van der Waals surface area contributed by atoms with E-state index in [1.165, 1.54) is 0 Å². The number of rotatable bonds is 5. The molecule has 1 aromatic rings. The average molecular weight is 277 g/mol. The molecule has 0 radical (unpaired) electrons. The number of ether oxygens (including phenoxy) is 1. The van der Waals surface area contributed by atoms with Gasteiger partial charge in [0.05, 0.1) is 18.1 Å². The first-order valence-corrected chi connectivity index (χ1v) is 6.73. The van der Waals surface area contributed by atoms with Crippen LogP contribution in [0.2, 0.25) is 0 Å². The van der Waals surface area contributed by atoms with Crippen molar-refractivity contribution >= 4 is 11.9 Å². The molecule has 1 atom stereocenters. The van der Waals surface area contributed by atoms with E-state index in [4.69, 9.17) is 9.84 Å². The second kappa shape index (κ2) is 6.52. The van der Waals surface area contributed by atoms with Crippen molar-refractivity contribution in [3.8, 4) is 0 Å². The molecule has 20 heavy (non-hydrogen) atoms. The van der Waals surface area contributed by atoms with Crippen molar-refractivity contribution in [1.82, 2.24) is 4.90 Å². The predicted molar refractivity (Wildman–Crippen MR) is 73.7 cm³/mol. The summed E-state index contributed by atoms with van der Waals surface area (Å²) in [5, 5.41) is 9.12. The minimum atomic E-state index is -0.932. The number of amides is 1. The molecule has 0 aromatic heterocycles. The molecule has 1 amide bonds. The maximum absolute atomic E-state index is 12.1. The van der Waals surface area contributed by atoms with E-state index in [0.29, 0.717) is 31.7 Å². The minimum Gasteiger partial charge on any atom is -0.478 e. The standard InChI is InChI=1S/C15H19NO4/c1-16(14(17)12-7-9-20-10-12)8-6-11-4-2-3-5-13(11)15(18)19/h2-5,12H,6-10H2,1H3,(H,18,19). The highest BCUT2D eigenvalue weighted by atomic mass is 16.5. The fourth-order valence-electron chi connectivity index (χ4n) is 2.39. The lowest BCUT2D eigenvalue weighted by atomic mass is 10.0. The third-order valence-corrected chi connectivity index (χ3v) is 3.62. The minimum absolute atomic E-state index is 0.0466. The van der Waals surface area contributed by atoms with Gasteiger partial charge in [0, 0.05) is 20.2 Å². The lowest BCUT2D eigenvalue weighted by Gasteiger charge is -2.20. The van der Waals surface area contributed by atoms with Gasteiger partial charge in [-0.05, 0) is 24.5 Å². The zero-order chi connectivity index (χ0) is 14.5. The van der Waals surface area contributed by atoms with Crippen LogP contribution in [0.25, 0.3) is 0 Å². The van der Waals surface area contributed by atoms with E-state index >= 15 is 0 Å². The van der Waals surface area contributed by atoms with Crippen LogP contribution in [0.1, 0.15) is 22.3 Å². The summed E-state index contributed by atoms with van der Waals surface area (Å²) in [6, 6.07) is 6.90. The van der Waals surface area contributed by atoms with Crippen LogP contribution in [0, 0.1) is 5.92 Å². The van der Waals surface area contributed by atoms with Crippen molar-refractivity contribution in [2.24, 2.45) is 5.92 Å². The van der Waals surface area contributed by atoms with Crippen LogP contribution in [0.3, 0.4) is 0 Å². The van der Waals surface area contributed by atoms with Gasteiger partial charge in [-0.15, -0.1) is 0 Å². The number of likely N-dealkylation sites (N-methyl/N-ethyl adjacent to an activating group) is 1. The Bertz CT molecular complexity index is 494. The van der Waals surface area contributed by atoms with E-state index in [1.807, 2.05) is 6.07 Å². The molecule has 5 nitrogen and oxygen atoms in total. The third-order valence-electron chi connectivity index (χ3n) is 3.62. The monoisotopic (exact) mass is 277 g/mol. The lowest BCUT2D eigenvalue weighted by Crippen LogP contribution is -2.34. The molecule has 5 heteroatoms. The molecular formula is C15H19NO4. The van der Waals surface area contributed by atoms with Crippen LogP contribution in [0.4, 0.5) is 0 Å². The number of hydrogen-bond acceptors (Lipinski definition) is 3. The highest BCUT2D eigenvalue weighted by molar-refractivity contribution is 5.89. The van der Waals surface area contributed by atoms with Gasteiger partial charge >= 0.3 is 5.97 Å². The normalized spacial score (nSPS) is 17.9. The first-order valence-electron chi connectivity index (χ1n) is 6.73. The van der Waals surface area contributed by atoms with Crippen molar-refractivity contribution in [2.45, 2.75) is 12.8 Å². The third kappa shape index (κ3) is 3.36. The SMILES string of the molecule is CN(CCc1ccccc1C(=O)O)C(=O)C1CCOC1. The largest absolute Gasteiger partial charge is 0.478 e. The predicted octanol–water partition coefficient (Wildman–Crippen LogP) is 1.42. The fourth-order valence-corrected chi connectivity index (χ4v) is 2.39. The molecule has 1 fully saturated rings. The van der Waals surface area contributed by atoms with Gasteiger partial charge in [-0.25, -0.2) is 4.79 Å². The Morgan fingerprint density at radius 2 is 2.15 bits per heavy atom. The summed E-state index contributed by atoms with van der Waals surface area (Å²) in [6.45, 7) is 1.65. The van der Waals surface area contributed by atoms with Crippen molar-refractivity contribution in [2.75, 3.05) is 26.8 Å². The molecular weight excluding hydrogens is 258 g/mol. The van der Waals surface area contributed by atoms with Gasteiger partial charge in [0.1, 0.15) is 0 Å². The van der Waals surface area contributed by atoms with Crippen LogP contribution in [0.5, 0.6) is 0 Å². The maximum atomic E-state index is 12.1. The summed E-state index contributed by atoms with van der Waals surface area (Å²) in [6.07, 6.45) is 1.31. The number of aromatic carboxylic acids is 1. The molecule has 1 saturated heterocycles. The topological polar surface area (TPSA) is 66.8 Å². The fraction of sp³-hybridized carbons (Fsp3) is 0.467. The first kappa shape index (κ1) is 14.5. The van der Waals surface area contributed by atoms with Gasteiger partial charge in [-0.2, -0.15) is 0 Å². The molecule has 1 aliphatic heterocycles. The van der Waals surface area contributed by atoms with Crippen molar-refractivity contribution in [3.05, 3.63) is 35.4 Å². The Balaban J connectivity index is 1.94. The molecule has 0 bridgehead atoms. The second-order valence-corrected chi connectivity index (χ2v) is 5.03. The summed E-state index contributed by atoms with van der Waals surface area (Å²) < 4.78 is 5.22. The van der Waals surface area contributed by atoms with E-state index in [-0.39, 0.29) is 11.8 Å². The molecule has 108 valence electrons. The number of carbonyl (C=O) groups excluding carboxylic acids is 1. The van der Waals surface area contributed by atoms with Crippen LogP contribution in [-0.4, -0.2) is 48.7 Å². The van der Waals surface area contributed by atoms with Crippen molar-refractivity contribution in [1.29, 1.82) is 0 Å². The zero-order valence-corrected chi connectivity index (χ0v) is 11.5.